The smallest absolute Gasteiger partial charge is 0.292 e. The first-order valence-corrected chi connectivity index (χ1v) is 6.18. The Bertz CT molecular complexity index is 673. The van der Waals surface area contributed by atoms with E-state index < -0.39 is 4.92 Å². The van der Waals surface area contributed by atoms with Crippen molar-refractivity contribution in [1.82, 2.24) is 9.88 Å². The van der Waals surface area contributed by atoms with Crippen molar-refractivity contribution in [2.45, 2.75) is 6.54 Å². The van der Waals surface area contributed by atoms with Gasteiger partial charge in [0.2, 0.25) is 0 Å². The van der Waals surface area contributed by atoms with Crippen LogP contribution in [0.1, 0.15) is 16.1 Å². The number of nitro benzene ring substituents is 1. The maximum absolute atomic E-state index is 12.3. The summed E-state index contributed by atoms with van der Waals surface area (Å²) in [4.78, 5) is 28.1. The Morgan fingerprint density at radius 2 is 2.14 bits per heavy atom. The van der Waals surface area contributed by atoms with Crippen LogP contribution in [0.4, 0.5) is 11.4 Å². The standard InChI is InChI=1S/C14H14N4O3/c1-17(9-11-4-2-3-7-16-11)14(19)10-5-6-12(15)13(8-10)18(20)21/h2-8H,9,15H2,1H3. The van der Waals surface area contributed by atoms with Crippen LogP contribution >= 0.6 is 0 Å². The molecule has 21 heavy (non-hydrogen) atoms. The molecule has 0 bridgehead atoms. The Labute approximate surface area is 121 Å². The molecule has 2 rings (SSSR count). The molecule has 0 fully saturated rings. The number of pyridine rings is 1. The number of rotatable bonds is 4. The number of carbonyl (C=O) groups excluding carboxylic acids is 1. The van der Waals surface area contributed by atoms with Gasteiger partial charge >= 0.3 is 0 Å². The number of nitro groups is 1. The highest BCUT2D eigenvalue weighted by Gasteiger charge is 2.18. The van der Waals surface area contributed by atoms with Crippen molar-refractivity contribution >= 4 is 17.3 Å². The van der Waals surface area contributed by atoms with Gasteiger partial charge in [0.1, 0.15) is 5.69 Å². The molecule has 108 valence electrons. The van der Waals surface area contributed by atoms with Gasteiger partial charge in [-0.1, -0.05) is 6.07 Å². The van der Waals surface area contributed by atoms with Crippen LogP contribution in [0.5, 0.6) is 0 Å². The van der Waals surface area contributed by atoms with E-state index in [4.69, 9.17) is 5.73 Å². The van der Waals surface area contributed by atoms with E-state index in [0.717, 1.165) is 5.69 Å². The minimum atomic E-state index is -0.606. The third-order valence-corrected chi connectivity index (χ3v) is 2.95. The molecule has 0 unspecified atom stereocenters. The molecule has 7 heteroatoms. The minimum Gasteiger partial charge on any atom is -0.393 e. The summed E-state index contributed by atoms with van der Waals surface area (Å²) in [7, 11) is 1.61. The first kappa shape index (κ1) is 14.4. The lowest BCUT2D eigenvalue weighted by molar-refractivity contribution is -0.383. The molecule has 1 heterocycles. The van der Waals surface area contributed by atoms with Gasteiger partial charge in [-0.05, 0) is 24.3 Å². The van der Waals surface area contributed by atoms with Crippen LogP contribution < -0.4 is 5.73 Å². The largest absolute Gasteiger partial charge is 0.393 e. The molecule has 0 aliphatic rings. The number of hydrogen-bond acceptors (Lipinski definition) is 5. The first-order chi connectivity index (χ1) is 9.99. The lowest BCUT2D eigenvalue weighted by Crippen LogP contribution is -2.26. The molecule has 0 saturated heterocycles. The molecule has 0 spiro atoms. The fourth-order valence-electron chi connectivity index (χ4n) is 1.86. The second-order valence-corrected chi connectivity index (χ2v) is 4.51. The van der Waals surface area contributed by atoms with Crippen LogP contribution in [0.15, 0.2) is 42.6 Å². The van der Waals surface area contributed by atoms with E-state index in [1.807, 2.05) is 6.07 Å². The molecular formula is C14H14N4O3. The van der Waals surface area contributed by atoms with E-state index in [0.29, 0.717) is 6.54 Å². The van der Waals surface area contributed by atoms with Crippen LogP contribution in [0.25, 0.3) is 0 Å². The molecule has 1 amide bonds. The number of nitrogens with two attached hydrogens (primary N) is 1. The molecule has 0 atom stereocenters. The van der Waals surface area contributed by atoms with Crippen LogP contribution in [0, 0.1) is 10.1 Å². The number of aromatic nitrogens is 1. The third-order valence-electron chi connectivity index (χ3n) is 2.95. The molecule has 2 N–H and O–H groups in total. The van der Waals surface area contributed by atoms with Crippen molar-refractivity contribution in [2.24, 2.45) is 0 Å². The highest BCUT2D eigenvalue weighted by molar-refractivity contribution is 5.95. The minimum absolute atomic E-state index is 0.0314. The summed E-state index contributed by atoms with van der Waals surface area (Å²) in [5.74, 6) is -0.330. The first-order valence-electron chi connectivity index (χ1n) is 6.18. The van der Waals surface area contributed by atoms with Crippen molar-refractivity contribution in [1.29, 1.82) is 0 Å². The molecule has 2 aromatic rings. The third kappa shape index (κ3) is 3.33. The highest BCUT2D eigenvalue weighted by atomic mass is 16.6. The van der Waals surface area contributed by atoms with Crippen molar-refractivity contribution < 1.29 is 9.72 Å². The molecular weight excluding hydrogens is 272 g/mol. The summed E-state index contributed by atoms with van der Waals surface area (Å²) in [6.45, 7) is 0.317. The molecule has 0 saturated carbocycles. The van der Waals surface area contributed by atoms with Gasteiger partial charge in [-0.2, -0.15) is 0 Å². The van der Waals surface area contributed by atoms with Gasteiger partial charge < -0.3 is 10.6 Å². The fourth-order valence-corrected chi connectivity index (χ4v) is 1.86. The molecule has 0 aliphatic carbocycles. The Morgan fingerprint density at radius 3 is 2.76 bits per heavy atom. The molecule has 1 aromatic carbocycles. The summed E-state index contributed by atoms with van der Waals surface area (Å²) in [5, 5.41) is 10.8. The Hall–Kier alpha value is -2.96. The van der Waals surface area contributed by atoms with Gasteiger partial charge in [0, 0.05) is 24.9 Å². The van der Waals surface area contributed by atoms with Gasteiger partial charge in [-0.25, -0.2) is 0 Å². The predicted molar refractivity (Wildman–Crippen MR) is 77.5 cm³/mol. The summed E-state index contributed by atoms with van der Waals surface area (Å²) < 4.78 is 0. The molecule has 0 radical (unpaired) electrons. The maximum Gasteiger partial charge on any atom is 0.292 e. The highest BCUT2D eigenvalue weighted by Crippen LogP contribution is 2.23. The van der Waals surface area contributed by atoms with E-state index in [9.17, 15) is 14.9 Å². The Kier molecular flexibility index (Phi) is 4.13. The number of carbonyl (C=O) groups is 1. The van der Waals surface area contributed by atoms with Crippen molar-refractivity contribution in [3.8, 4) is 0 Å². The van der Waals surface area contributed by atoms with E-state index in [1.165, 1.54) is 23.1 Å². The van der Waals surface area contributed by atoms with Gasteiger partial charge in [-0.15, -0.1) is 0 Å². The van der Waals surface area contributed by atoms with Gasteiger partial charge in [0.25, 0.3) is 11.6 Å². The normalized spacial score (nSPS) is 10.1. The average molecular weight is 286 g/mol. The topological polar surface area (TPSA) is 102 Å². The number of anilines is 1. The summed E-state index contributed by atoms with van der Waals surface area (Å²) in [6, 6.07) is 9.44. The quantitative estimate of drug-likeness (QED) is 0.525. The monoisotopic (exact) mass is 286 g/mol. The number of amides is 1. The van der Waals surface area contributed by atoms with Gasteiger partial charge in [0.05, 0.1) is 17.2 Å². The van der Waals surface area contributed by atoms with Crippen molar-refractivity contribution in [3.05, 3.63) is 64.0 Å². The zero-order valence-corrected chi connectivity index (χ0v) is 11.4. The van der Waals surface area contributed by atoms with E-state index in [-0.39, 0.29) is 22.8 Å². The average Bonchev–Trinajstić information content (AvgIpc) is 2.47. The fraction of sp³-hybridized carbons (Fsp3) is 0.143. The summed E-state index contributed by atoms with van der Waals surface area (Å²) >= 11 is 0. The van der Waals surface area contributed by atoms with Crippen LogP contribution in [-0.2, 0) is 6.54 Å². The number of nitrogen functional groups attached to an aromatic ring is 1. The second kappa shape index (κ2) is 6.00. The van der Waals surface area contributed by atoms with E-state index in [1.54, 1.807) is 25.4 Å². The van der Waals surface area contributed by atoms with Crippen LogP contribution in [0.2, 0.25) is 0 Å². The van der Waals surface area contributed by atoms with Crippen LogP contribution in [-0.4, -0.2) is 27.8 Å². The predicted octanol–water partition coefficient (Wildman–Crippen LogP) is 1.84. The molecule has 0 aliphatic heterocycles. The summed E-state index contributed by atoms with van der Waals surface area (Å²) in [6.07, 6.45) is 1.64. The summed E-state index contributed by atoms with van der Waals surface area (Å²) in [5.41, 5.74) is 6.23. The lowest BCUT2D eigenvalue weighted by Gasteiger charge is -2.16. The van der Waals surface area contributed by atoms with Crippen molar-refractivity contribution in [2.75, 3.05) is 12.8 Å². The SMILES string of the molecule is CN(Cc1ccccn1)C(=O)c1ccc(N)c([N+](=O)[O-])c1. The van der Waals surface area contributed by atoms with E-state index >= 15 is 0 Å². The van der Waals surface area contributed by atoms with E-state index in [2.05, 4.69) is 4.98 Å². The van der Waals surface area contributed by atoms with Crippen LogP contribution in [0.3, 0.4) is 0 Å². The van der Waals surface area contributed by atoms with Gasteiger partial charge in [-0.3, -0.25) is 19.9 Å². The molecule has 1 aromatic heterocycles. The Morgan fingerprint density at radius 1 is 1.38 bits per heavy atom. The number of hydrogen-bond donors (Lipinski definition) is 1. The number of nitrogens with zero attached hydrogens (tertiary/aromatic N) is 3. The zero-order chi connectivity index (χ0) is 15.4. The lowest BCUT2D eigenvalue weighted by atomic mass is 10.1. The molecule has 7 nitrogen and oxygen atoms in total. The van der Waals surface area contributed by atoms with Gasteiger partial charge in [0.15, 0.2) is 0 Å². The zero-order valence-electron chi connectivity index (χ0n) is 11.4. The maximum atomic E-state index is 12.3. The Balaban J connectivity index is 2.20. The second-order valence-electron chi connectivity index (χ2n) is 4.51. The number of benzene rings is 1. The van der Waals surface area contributed by atoms with Crippen molar-refractivity contribution in [3.63, 3.8) is 0 Å².